The lowest BCUT2D eigenvalue weighted by molar-refractivity contribution is 1.35. The molecule has 0 saturated heterocycles. The molecule has 0 aliphatic heterocycles. The predicted octanol–water partition coefficient (Wildman–Crippen LogP) is 4.03. The third kappa shape index (κ3) is 3.37. The van der Waals surface area contributed by atoms with Crippen LogP contribution in [0.2, 0.25) is 0 Å². The number of halogens is 1. The second-order valence-corrected chi connectivity index (χ2v) is 5.70. The van der Waals surface area contributed by atoms with Gasteiger partial charge in [0, 0.05) is 20.7 Å². The van der Waals surface area contributed by atoms with Crippen molar-refractivity contribution in [2.24, 2.45) is 5.73 Å². The van der Waals surface area contributed by atoms with E-state index < -0.39 is 0 Å². The molecule has 18 heavy (non-hydrogen) atoms. The molecule has 0 aliphatic rings. The summed E-state index contributed by atoms with van der Waals surface area (Å²) in [6, 6.07) is 16.0. The lowest BCUT2D eigenvalue weighted by atomic mass is 10.1. The Labute approximate surface area is 119 Å². The Morgan fingerprint density at radius 1 is 1.11 bits per heavy atom. The SMILES string of the molecule is N=C(N)c1ccc(CSc2ccccc2Br)cc1. The zero-order valence-corrected chi connectivity index (χ0v) is 12.1. The highest BCUT2D eigenvalue weighted by atomic mass is 79.9. The van der Waals surface area contributed by atoms with Crippen molar-refractivity contribution in [3.8, 4) is 0 Å². The summed E-state index contributed by atoms with van der Waals surface area (Å²) in [6.07, 6.45) is 0. The number of nitrogens with one attached hydrogen (secondary N) is 1. The predicted molar refractivity (Wildman–Crippen MR) is 81.2 cm³/mol. The molecular formula is C14H13BrN2S. The van der Waals surface area contributed by atoms with Gasteiger partial charge in [-0.2, -0.15) is 0 Å². The molecule has 0 spiro atoms. The fourth-order valence-electron chi connectivity index (χ4n) is 1.50. The molecule has 0 amide bonds. The molecular weight excluding hydrogens is 308 g/mol. The third-order valence-corrected chi connectivity index (χ3v) is 4.59. The second-order valence-electron chi connectivity index (χ2n) is 3.83. The minimum atomic E-state index is 0.111. The standard InChI is InChI=1S/C14H13BrN2S/c15-12-3-1-2-4-13(12)18-9-10-5-7-11(8-6-10)14(16)17/h1-8H,9H2,(H3,16,17). The summed E-state index contributed by atoms with van der Waals surface area (Å²) in [6.45, 7) is 0. The molecule has 0 radical (unpaired) electrons. The van der Waals surface area contributed by atoms with Crippen molar-refractivity contribution in [2.45, 2.75) is 10.6 Å². The van der Waals surface area contributed by atoms with Crippen molar-refractivity contribution in [2.75, 3.05) is 0 Å². The molecule has 2 aromatic rings. The maximum Gasteiger partial charge on any atom is 0.122 e. The third-order valence-electron chi connectivity index (χ3n) is 2.50. The average Bonchev–Trinajstić information content (AvgIpc) is 2.38. The van der Waals surface area contributed by atoms with Crippen LogP contribution in [0, 0.1) is 5.41 Å². The van der Waals surface area contributed by atoms with Crippen molar-refractivity contribution in [1.82, 2.24) is 0 Å². The van der Waals surface area contributed by atoms with Crippen LogP contribution in [0.25, 0.3) is 0 Å². The summed E-state index contributed by atoms with van der Waals surface area (Å²) in [4.78, 5) is 1.23. The van der Waals surface area contributed by atoms with Gasteiger partial charge in [0.15, 0.2) is 0 Å². The van der Waals surface area contributed by atoms with E-state index in [1.54, 1.807) is 11.8 Å². The fourth-order valence-corrected chi connectivity index (χ4v) is 3.03. The van der Waals surface area contributed by atoms with Crippen molar-refractivity contribution in [1.29, 1.82) is 5.41 Å². The van der Waals surface area contributed by atoms with Crippen LogP contribution in [-0.4, -0.2) is 5.84 Å². The minimum absolute atomic E-state index is 0.111. The van der Waals surface area contributed by atoms with Crippen molar-refractivity contribution in [3.63, 3.8) is 0 Å². The Bertz CT molecular complexity index is 552. The number of nitrogen functional groups attached to an aromatic ring is 1. The van der Waals surface area contributed by atoms with Gasteiger partial charge in [-0.05, 0) is 33.6 Å². The molecule has 2 rings (SSSR count). The van der Waals surface area contributed by atoms with E-state index in [1.807, 2.05) is 42.5 Å². The molecule has 0 bridgehead atoms. The molecule has 0 unspecified atom stereocenters. The highest BCUT2D eigenvalue weighted by Crippen LogP contribution is 2.29. The van der Waals surface area contributed by atoms with Crippen LogP contribution in [0.4, 0.5) is 0 Å². The Morgan fingerprint density at radius 3 is 2.39 bits per heavy atom. The molecule has 0 aromatic heterocycles. The molecule has 2 nitrogen and oxygen atoms in total. The number of benzene rings is 2. The molecule has 0 heterocycles. The number of thioether (sulfide) groups is 1. The van der Waals surface area contributed by atoms with Crippen LogP contribution in [0.1, 0.15) is 11.1 Å². The summed E-state index contributed by atoms with van der Waals surface area (Å²) in [5.74, 6) is 1.01. The van der Waals surface area contributed by atoms with E-state index in [9.17, 15) is 0 Å². The zero-order valence-electron chi connectivity index (χ0n) is 9.69. The largest absolute Gasteiger partial charge is 0.384 e. The second kappa shape index (κ2) is 6.07. The number of nitrogens with two attached hydrogens (primary N) is 1. The molecule has 3 N–H and O–H groups in total. The number of hydrogen-bond acceptors (Lipinski definition) is 2. The molecule has 92 valence electrons. The topological polar surface area (TPSA) is 49.9 Å². The van der Waals surface area contributed by atoms with Gasteiger partial charge in [-0.15, -0.1) is 11.8 Å². The minimum Gasteiger partial charge on any atom is -0.384 e. The van der Waals surface area contributed by atoms with Gasteiger partial charge in [-0.1, -0.05) is 36.4 Å². The van der Waals surface area contributed by atoms with Crippen LogP contribution in [0.15, 0.2) is 57.9 Å². The van der Waals surface area contributed by atoms with Crippen molar-refractivity contribution < 1.29 is 0 Å². The van der Waals surface area contributed by atoms with Gasteiger partial charge in [0.05, 0.1) is 0 Å². The Hall–Kier alpha value is -1.26. The van der Waals surface area contributed by atoms with Crippen LogP contribution in [-0.2, 0) is 5.75 Å². The van der Waals surface area contributed by atoms with E-state index in [-0.39, 0.29) is 5.84 Å². The van der Waals surface area contributed by atoms with Crippen LogP contribution in [0.5, 0.6) is 0 Å². The lowest BCUT2D eigenvalue weighted by Gasteiger charge is -2.05. The summed E-state index contributed by atoms with van der Waals surface area (Å²) >= 11 is 5.32. The molecule has 0 aliphatic carbocycles. The Kier molecular flexibility index (Phi) is 4.44. The molecule has 0 saturated carbocycles. The van der Waals surface area contributed by atoms with E-state index in [1.165, 1.54) is 10.5 Å². The van der Waals surface area contributed by atoms with E-state index in [0.717, 1.165) is 15.8 Å². The van der Waals surface area contributed by atoms with E-state index in [2.05, 4.69) is 22.0 Å². The smallest absolute Gasteiger partial charge is 0.122 e. The average molecular weight is 321 g/mol. The number of hydrogen-bond donors (Lipinski definition) is 2. The van der Waals surface area contributed by atoms with Gasteiger partial charge in [-0.25, -0.2) is 0 Å². The van der Waals surface area contributed by atoms with Gasteiger partial charge in [-0.3, -0.25) is 5.41 Å². The molecule has 0 atom stereocenters. The van der Waals surface area contributed by atoms with Crippen LogP contribution >= 0.6 is 27.7 Å². The first-order chi connectivity index (χ1) is 8.66. The van der Waals surface area contributed by atoms with E-state index in [4.69, 9.17) is 11.1 Å². The maximum atomic E-state index is 7.34. The van der Waals surface area contributed by atoms with Gasteiger partial charge >= 0.3 is 0 Å². The summed E-state index contributed by atoms with van der Waals surface area (Å²) < 4.78 is 1.12. The van der Waals surface area contributed by atoms with Crippen molar-refractivity contribution in [3.05, 3.63) is 64.1 Å². The highest BCUT2D eigenvalue weighted by Gasteiger charge is 2.01. The first-order valence-electron chi connectivity index (χ1n) is 5.47. The van der Waals surface area contributed by atoms with Crippen LogP contribution < -0.4 is 5.73 Å². The monoisotopic (exact) mass is 320 g/mol. The normalized spacial score (nSPS) is 10.3. The van der Waals surface area contributed by atoms with Gasteiger partial charge < -0.3 is 5.73 Å². The molecule has 2 aromatic carbocycles. The van der Waals surface area contributed by atoms with Gasteiger partial charge in [0.2, 0.25) is 0 Å². The fraction of sp³-hybridized carbons (Fsp3) is 0.0714. The molecule has 0 fully saturated rings. The van der Waals surface area contributed by atoms with Gasteiger partial charge in [0.25, 0.3) is 0 Å². The van der Waals surface area contributed by atoms with Crippen molar-refractivity contribution >= 4 is 33.5 Å². The lowest BCUT2D eigenvalue weighted by Crippen LogP contribution is -2.10. The Balaban J connectivity index is 2.02. The maximum absolute atomic E-state index is 7.34. The first-order valence-corrected chi connectivity index (χ1v) is 7.25. The summed E-state index contributed by atoms with van der Waals surface area (Å²) in [5.41, 5.74) is 7.41. The van der Waals surface area contributed by atoms with E-state index >= 15 is 0 Å². The first kappa shape index (κ1) is 13.2. The highest BCUT2D eigenvalue weighted by molar-refractivity contribution is 9.10. The van der Waals surface area contributed by atoms with Gasteiger partial charge in [0.1, 0.15) is 5.84 Å². The summed E-state index contributed by atoms with van der Waals surface area (Å²) in [5, 5.41) is 7.34. The molecule has 4 heteroatoms. The number of rotatable bonds is 4. The van der Waals surface area contributed by atoms with E-state index in [0.29, 0.717) is 0 Å². The summed E-state index contributed by atoms with van der Waals surface area (Å²) in [7, 11) is 0. The zero-order chi connectivity index (χ0) is 13.0. The van der Waals surface area contributed by atoms with Crippen LogP contribution in [0.3, 0.4) is 0 Å². The quantitative estimate of drug-likeness (QED) is 0.507. The Morgan fingerprint density at radius 2 is 1.78 bits per heavy atom. The number of amidine groups is 1.